The van der Waals surface area contributed by atoms with Gasteiger partial charge in [0, 0.05) is 31.7 Å². The van der Waals surface area contributed by atoms with E-state index in [0.717, 1.165) is 44.4 Å². The third kappa shape index (κ3) is 7.48. The topological polar surface area (TPSA) is 183 Å². The normalized spacial score (nSPS) is 11.6. The standard InChI is InChI=1S/C47H27N7O6S6/c55-34(56)22-63-46-51-38-36-26(32-16-8-18-61-32)20-30(49-42(36)65-40(38)44(59)53(46)24-10-3-1-4-11-24)28-14-7-15-29(48-28)31-21-27(33-17-9-19-62-33)37-39-41(66-43(37)50-31)45(60)54(25-12-5-2-6-13-25)47(52-39)64-23-35(57)58/h1-21H,22-23H2,(H,55,56)(H,57,58). The van der Waals surface area contributed by atoms with Crippen LogP contribution in [0.25, 0.3) is 95.9 Å². The van der Waals surface area contributed by atoms with Crippen molar-refractivity contribution >= 4 is 122 Å². The van der Waals surface area contributed by atoms with Gasteiger partial charge in [0.05, 0.1) is 56.7 Å². The number of para-hydroxylation sites is 2. The van der Waals surface area contributed by atoms with Crippen molar-refractivity contribution in [3.8, 4) is 55.0 Å². The molecule has 0 amide bonds. The zero-order chi connectivity index (χ0) is 45.1. The highest BCUT2D eigenvalue weighted by Crippen LogP contribution is 2.44. The lowest BCUT2D eigenvalue weighted by molar-refractivity contribution is -0.134. The molecule has 0 unspecified atom stereocenters. The lowest BCUT2D eigenvalue weighted by atomic mass is 10.1. The molecule has 19 heteroatoms. The van der Waals surface area contributed by atoms with Gasteiger partial charge in [0.1, 0.15) is 19.1 Å². The lowest BCUT2D eigenvalue weighted by Crippen LogP contribution is -2.21. The first kappa shape index (κ1) is 41.8. The van der Waals surface area contributed by atoms with Crippen LogP contribution in [-0.4, -0.2) is 67.7 Å². The summed E-state index contributed by atoms with van der Waals surface area (Å²) < 4.78 is 3.69. The van der Waals surface area contributed by atoms with Crippen molar-refractivity contribution in [1.29, 1.82) is 0 Å². The van der Waals surface area contributed by atoms with Crippen LogP contribution in [0.2, 0.25) is 0 Å². The Hall–Kier alpha value is -6.87. The highest BCUT2D eigenvalue weighted by molar-refractivity contribution is 8.00. The average molecular weight is 978 g/mol. The van der Waals surface area contributed by atoms with Crippen LogP contribution in [0.5, 0.6) is 0 Å². The molecule has 9 aromatic heterocycles. The Bertz CT molecular complexity index is 3590. The summed E-state index contributed by atoms with van der Waals surface area (Å²) in [6.45, 7) is 0. The minimum atomic E-state index is -1.03. The second-order valence-corrected chi connectivity index (χ2v) is 20.3. The summed E-state index contributed by atoms with van der Waals surface area (Å²) in [4.78, 5) is 80.7. The van der Waals surface area contributed by atoms with Crippen LogP contribution in [-0.2, 0) is 9.59 Å². The van der Waals surface area contributed by atoms with Gasteiger partial charge in [0.2, 0.25) is 0 Å². The first-order valence-electron chi connectivity index (χ1n) is 19.9. The summed E-state index contributed by atoms with van der Waals surface area (Å²) in [5, 5.41) is 25.0. The first-order chi connectivity index (χ1) is 32.2. The van der Waals surface area contributed by atoms with Crippen molar-refractivity contribution in [2.45, 2.75) is 10.3 Å². The number of hydrogen-bond donors (Lipinski definition) is 2. The number of thiophene rings is 4. The van der Waals surface area contributed by atoms with Gasteiger partial charge >= 0.3 is 11.9 Å². The largest absolute Gasteiger partial charge is 0.481 e. The number of rotatable bonds is 12. The minimum absolute atomic E-state index is 0.261. The molecule has 11 aromatic rings. The minimum Gasteiger partial charge on any atom is -0.481 e. The number of benzene rings is 2. The van der Waals surface area contributed by atoms with E-state index in [-0.39, 0.29) is 32.9 Å². The van der Waals surface area contributed by atoms with Gasteiger partial charge in [0.25, 0.3) is 11.1 Å². The number of carboxylic acids is 2. The second kappa shape index (κ2) is 17.2. The zero-order valence-corrected chi connectivity index (χ0v) is 38.5. The Labute approximate surface area is 396 Å². The van der Waals surface area contributed by atoms with Gasteiger partial charge in [0.15, 0.2) is 10.3 Å². The second-order valence-electron chi connectivity index (χ2n) is 14.5. The maximum atomic E-state index is 14.4. The van der Waals surface area contributed by atoms with Gasteiger partial charge < -0.3 is 10.2 Å². The maximum absolute atomic E-state index is 14.4. The van der Waals surface area contributed by atoms with E-state index in [4.69, 9.17) is 24.9 Å². The number of nitrogens with zero attached hydrogens (tertiary/aromatic N) is 7. The monoisotopic (exact) mass is 977 g/mol. The molecule has 322 valence electrons. The van der Waals surface area contributed by atoms with E-state index in [9.17, 15) is 29.4 Å². The number of aromatic nitrogens is 7. The fourth-order valence-electron chi connectivity index (χ4n) is 7.63. The van der Waals surface area contributed by atoms with Crippen LogP contribution >= 0.6 is 68.9 Å². The third-order valence-corrected chi connectivity index (χ3v) is 16.2. The Morgan fingerprint density at radius 3 is 1.35 bits per heavy atom. The van der Waals surface area contributed by atoms with Crippen LogP contribution in [0.1, 0.15) is 0 Å². The summed E-state index contributed by atoms with van der Waals surface area (Å²) in [6, 6.07) is 35.5. The van der Waals surface area contributed by atoms with Crippen LogP contribution < -0.4 is 11.1 Å². The molecule has 9 heterocycles. The molecule has 66 heavy (non-hydrogen) atoms. The number of pyridine rings is 3. The van der Waals surface area contributed by atoms with Gasteiger partial charge in [-0.15, -0.1) is 45.3 Å². The average Bonchev–Trinajstić information content (AvgIpc) is 4.18. The predicted molar refractivity (Wildman–Crippen MR) is 267 cm³/mol. The molecule has 0 bridgehead atoms. The smallest absolute Gasteiger partial charge is 0.313 e. The molecule has 11 rings (SSSR count). The first-order valence-corrected chi connectivity index (χ1v) is 25.2. The molecule has 0 saturated carbocycles. The van der Waals surface area contributed by atoms with Crippen molar-refractivity contribution in [3.63, 3.8) is 0 Å². The Balaban J connectivity index is 1.09. The molecule has 0 atom stereocenters. The van der Waals surface area contributed by atoms with Gasteiger partial charge in [-0.2, -0.15) is 0 Å². The van der Waals surface area contributed by atoms with E-state index < -0.39 is 11.9 Å². The molecule has 0 fully saturated rings. The number of carboxylic acid groups (broad SMARTS) is 2. The van der Waals surface area contributed by atoms with E-state index in [2.05, 4.69) is 0 Å². The molecule has 0 aliphatic rings. The summed E-state index contributed by atoms with van der Waals surface area (Å²) in [6.07, 6.45) is 0. The molecule has 0 aliphatic heterocycles. The lowest BCUT2D eigenvalue weighted by Gasteiger charge is -2.12. The van der Waals surface area contributed by atoms with Gasteiger partial charge in [-0.05, 0) is 71.4 Å². The van der Waals surface area contributed by atoms with Crippen molar-refractivity contribution in [2.75, 3.05) is 11.5 Å². The summed E-state index contributed by atoms with van der Waals surface area (Å²) in [5.74, 6) is -2.62. The van der Waals surface area contributed by atoms with Gasteiger partial charge in [-0.25, -0.2) is 24.9 Å². The Morgan fingerprint density at radius 1 is 0.515 bits per heavy atom. The highest BCUT2D eigenvalue weighted by atomic mass is 32.2. The van der Waals surface area contributed by atoms with Crippen LogP contribution in [0.15, 0.2) is 146 Å². The summed E-state index contributed by atoms with van der Waals surface area (Å²) >= 11 is 7.50. The molecule has 0 saturated heterocycles. The van der Waals surface area contributed by atoms with E-state index >= 15 is 0 Å². The van der Waals surface area contributed by atoms with Crippen LogP contribution in [0, 0.1) is 0 Å². The van der Waals surface area contributed by atoms with Gasteiger partial charge in [-0.3, -0.25) is 28.3 Å². The molecule has 0 spiro atoms. The number of fused-ring (bicyclic) bond motifs is 6. The number of thioether (sulfide) groups is 2. The van der Waals surface area contributed by atoms with Gasteiger partial charge in [-0.1, -0.05) is 78.1 Å². The molecule has 2 aromatic carbocycles. The fourth-order valence-corrected chi connectivity index (χ4v) is 12.7. The maximum Gasteiger partial charge on any atom is 0.313 e. The molecule has 13 nitrogen and oxygen atoms in total. The molecular weight excluding hydrogens is 951 g/mol. The molecule has 0 radical (unpaired) electrons. The number of aliphatic carboxylic acids is 2. The van der Waals surface area contributed by atoms with E-state index in [1.807, 2.05) is 102 Å². The number of hydrogen-bond acceptors (Lipinski definition) is 15. The van der Waals surface area contributed by atoms with E-state index in [1.165, 1.54) is 54.5 Å². The third-order valence-electron chi connectivity index (χ3n) is 10.4. The zero-order valence-electron chi connectivity index (χ0n) is 33.6. The van der Waals surface area contributed by atoms with Crippen LogP contribution in [0.3, 0.4) is 0 Å². The highest BCUT2D eigenvalue weighted by Gasteiger charge is 2.25. The molecular formula is C47H27N7O6S6. The Morgan fingerprint density at radius 2 is 0.955 bits per heavy atom. The number of carbonyl (C=O) groups is 2. The molecule has 0 aliphatic carbocycles. The van der Waals surface area contributed by atoms with Crippen molar-refractivity contribution in [3.05, 3.63) is 147 Å². The summed E-state index contributed by atoms with van der Waals surface area (Å²) in [7, 11) is 0. The van der Waals surface area contributed by atoms with Crippen molar-refractivity contribution in [2.24, 2.45) is 0 Å². The predicted octanol–water partition coefficient (Wildman–Crippen LogP) is 10.8. The fraction of sp³-hybridized carbons (Fsp3) is 0.0426. The Kier molecular flexibility index (Phi) is 10.9. The molecule has 2 N–H and O–H groups in total. The SMILES string of the molecule is O=C(O)CSc1nc2c(sc3nc(-c4cccc(-c5cc(-c6cccs6)c6c(n5)sc5c(=O)n(-c7ccccc7)c(SCC(=O)O)nc56)n4)cc(-c4cccs4)c32)c(=O)n1-c1ccccc1. The quantitative estimate of drug-likeness (QED) is 0.0872. The summed E-state index contributed by atoms with van der Waals surface area (Å²) in [5.41, 5.74) is 5.23. The van der Waals surface area contributed by atoms with E-state index in [0.29, 0.717) is 75.0 Å². The van der Waals surface area contributed by atoms with E-state index in [1.54, 1.807) is 24.3 Å². The van der Waals surface area contributed by atoms with Crippen LogP contribution in [0.4, 0.5) is 0 Å². The van der Waals surface area contributed by atoms with Crippen molar-refractivity contribution < 1.29 is 19.8 Å². The van der Waals surface area contributed by atoms with Crippen molar-refractivity contribution in [1.82, 2.24) is 34.1 Å².